The van der Waals surface area contributed by atoms with Crippen LogP contribution in [0.1, 0.15) is 31.7 Å². The average Bonchev–Trinajstić information content (AvgIpc) is 2.44. The Morgan fingerprint density at radius 1 is 1.21 bits per heavy atom. The summed E-state index contributed by atoms with van der Waals surface area (Å²) in [6.45, 7) is 3.51. The van der Waals surface area contributed by atoms with E-state index in [0.29, 0.717) is 26.2 Å². The first kappa shape index (κ1) is 13.7. The van der Waals surface area contributed by atoms with Crippen LogP contribution in [0.2, 0.25) is 0 Å². The van der Waals surface area contributed by atoms with E-state index >= 15 is 0 Å². The fraction of sp³-hybridized carbons (Fsp3) is 0.533. The molecule has 104 valence electrons. The molecule has 0 atom stereocenters. The van der Waals surface area contributed by atoms with Crippen LogP contribution < -0.4 is 9.47 Å². The molecule has 0 radical (unpaired) electrons. The second-order valence-corrected chi connectivity index (χ2v) is 4.49. The second kappa shape index (κ2) is 7.02. The van der Waals surface area contributed by atoms with Crippen LogP contribution in [0.25, 0.3) is 0 Å². The van der Waals surface area contributed by atoms with E-state index in [1.54, 1.807) is 0 Å². The van der Waals surface area contributed by atoms with Crippen LogP contribution in [0.4, 0.5) is 0 Å². The minimum absolute atomic E-state index is 0.107. The van der Waals surface area contributed by atoms with Crippen LogP contribution in [-0.4, -0.2) is 25.8 Å². The van der Waals surface area contributed by atoms with Crippen LogP contribution >= 0.6 is 0 Å². The van der Waals surface area contributed by atoms with Crippen LogP contribution in [-0.2, 0) is 16.0 Å². The van der Waals surface area contributed by atoms with E-state index in [1.165, 1.54) is 5.56 Å². The summed E-state index contributed by atoms with van der Waals surface area (Å²) in [4.78, 5) is 11.2. The number of carbonyl (C=O) groups excluding carboxylic acids is 1. The number of carbonyl (C=O) groups is 1. The van der Waals surface area contributed by atoms with Gasteiger partial charge in [0.2, 0.25) is 0 Å². The zero-order chi connectivity index (χ0) is 13.5. The van der Waals surface area contributed by atoms with E-state index in [9.17, 15) is 4.79 Å². The number of benzene rings is 1. The molecular weight excluding hydrogens is 244 g/mol. The maximum atomic E-state index is 11.2. The molecular formula is C15H20O4. The number of rotatable bonds is 6. The molecule has 0 bridgehead atoms. The number of ether oxygens (including phenoxy) is 3. The molecule has 1 heterocycles. The van der Waals surface area contributed by atoms with Crippen molar-refractivity contribution in [2.24, 2.45) is 0 Å². The van der Waals surface area contributed by atoms with Crippen LogP contribution in [0, 0.1) is 0 Å². The SMILES string of the molecule is CCOC(=O)CCCCc1ccc2c(c1)OCCO2. The van der Waals surface area contributed by atoms with Gasteiger partial charge in [-0.2, -0.15) is 0 Å². The van der Waals surface area contributed by atoms with Crippen LogP contribution in [0.3, 0.4) is 0 Å². The number of hydrogen-bond acceptors (Lipinski definition) is 4. The van der Waals surface area contributed by atoms with E-state index in [2.05, 4.69) is 6.07 Å². The number of fused-ring (bicyclic) bond motifs is 1. The lowest BCUT2D eigenvalue weighted by Gasteiger charge is -2.18. The minimum atomic E-state index is -0.107. The molecule has 0 amide bonds. The molecule has 4 nitrogen and oxygen atoms in total. The standard InChI is InChI=1S/C15H20O4/c1-2-17-15(16)6-4-3-5-12-7-8-13-14(11-12)19-10-9-18-13/h7-8,11H,2-6,9-10H2,1H3. The predicted octanol–water partition coefficient (Wildman–Crippen LogP) is 2.73. The molecule has 19 heavy (non-hydrogen) atoms. The van der Waals surface area contributed by atoms with Crippen molar-refractivity contribution in [3.63, 3.8) is 0 Å². The van der Waals surface area contributed by atoms with Gasteiger partial charge in [-0.05, 0) is 43.9 Å². The summed E-state index contributed by atoms with van der Waals surface area (Å²) < 4.78 is 15.9. The molecule has 0 N–H and O–H groups in total. The van der Waals surface area contributed by atoms with Crippen molar-refractivity contribution in [2.45, 2.75) is 32.6 Å². The third-order valence-corrected chi connectivity index (χ3v) is 3.01. The fourth-order valence-corrected chi connectivity index (χ4v) is 2.07. The molecule has 1 aromatic rings. The molecule has 0 unspecified atom stereocenters. The van der Waals surface area contributed by atoms with Crippen molar-refractivity contribution in [1.29, 1.82) is 0 Å². The van der Waals surface area contributed by atoms with Gasteiger partial charge in [-0.25, -0.2) is 0 Å². The summed E-state index contributed by atoms with van der Waals surface area (Å²) in [5.74, 6) is 1.54. The van der Waals surface area contributed by atoms with Gasteiger partial charge in [0.25, 0.3) is 0 Å². The Hall–Kier alpha value is -1.71. The average molecular weight is 264 g/mol. The number of hydrogen-bond donors (Lipinski definition) is 0. The normalized spacial score (nSPS) is 13.1. The monoisotopic (exact) mass is 264 g/mol. The molecule has 1 aromatic carbocycles. The van der Waals surface area contributed by atoms with Crippen molar-refractivity contribution in [3.8, 4) is 11.5 Å². The quantitative estimate of drug-likeness (QED) is 0.585. The Labute approximate surface area is 113 Å². The summed E-state index contributed by atoms with van der Waals surface area (Å²) in [7, 11) is 0. The molecule has 1 aliphatic rings. The lowest BCUT2D eigenvalue weighted by molar-refractivity contribution is -0.143. The Balaban J connectivity index is 1.75. The predicted molar refractivity (Wildman–Crippen MR) is 71.6 cm³/mol. The zero-order valence-electron chi connectivity index (χ0n) is 11.3. The highest BCUT2D eigenvalue weighted by Gasteiger charge is 2.11. The Morgan fingerprint density at radius 2 is 2.00 bits per heavy atom. The van der Waals surface area contributed by atoms with Gasteiger partial charge in [-0.3, -0.25) is 4.79 Å². The summed E-state index contributed by atoms with van der Waals surface area (Å²) in [5.41, 5.74) is 1.22. The molecule has 0 aromatic heterocycles. The van der Waals surface area contributed by atoms with Gasteiger partial charge < -0.3 is 14.2 Å². The van der Waals surface area contributed by atoms with Gasteiger partial charge in [0, 0.05) is 6.42 Å². The summed E-state index contributed by atoms with van der Waals surface area (Å²) in [5, 5.41) is 0. The summed E-state index contributed by atoms with van der Waals surface area (Å²) >= 11 is 0. The number of aryl methyl sites for hydroxylation is 1. The van der Waals surface area contributed by atoms with E-state index in [1.807, 2.05) is 19.1 Å². The second-order valence-electron chi connectivity index (χ2n) is 4.49. The van der Waals surface area contributed by atoms with E-state index in [4.69, 9.17) is 14.2 Å². The van der Waals surface area contributed by atoms with Gasteiger partial charge in [0.05, 0.1) is 6.61 Å². The topological polar surface area (TPSA) is 44.8 Å². The molecule has 0 saturated heterocycles. The van der Waals surface area contributed by atoms with Gasteiger partial charge in [0.1, 0.15) is 13.2 Å². The third kappa shape index (κ3) is 4.16. The van der Waals surface area contributed by atoms with E-state index < -0.39 is 0 Å². The van der Waals surface area contributed by atoms with E-state index in [-0.39, 0.29) is 5.97 Å². The zero-order valence-corrected chi connectivity index (χ0v) is 11.3. The van der Waals surface area contributed by atoms with Crippen molar-refractivity contribution >= 4 is 5.97 Å². The van der Waals surface area contributed by atoms with Crippen molar-refractivity contribution < 1.29 is 19.0 Å². The first-order chi connectivity index (χ1) is 9.29. The van der Waals surface area contributed by atoms with Crippen LogP contribution in [0.15, 0.2) is 18.2 Å². The molecule has 0 fully saturated rings. The Bertz CT molecular complexity index is 428. The first-order valence-electron chi connectivity index (χ1n) is 6.83. The fourth-order valence-electron chi connectivity index (χ4n) is 2.07. The maximum Gasteiger partial charge on any atom is 0.305 e. The lowest BCUT2D eigenvalue weighted by atomic mass is 10.1. The largest absolute Gasteiger partial charge is 0.486 e. The third-order valence-electron chi connectivity index (χ3n) is 3.01. The number of unbranched alkanes of at least 4 members (excludes halogenated alkanes) is 1. The molecule has 2 rings (SSSR count). The minimum Gasteiger partial charge on any atom is -0.486 e. The van der Waals surface area contributed by atoms with E-state index in [0.717, 1.165) is 30.8 Å². The molecule has 1 aliphatic heterocycles. The summed E-state index contributed by atoms with van der Waals surface area (Å²) in [6, 6.07) is 6.03. The Kier molecular flexibility index (Phi) is 5.07. The van der Waals surface area contributed by atoms with Gasteiger partial charge in [-0.1, -0.05) is 6.07 Å². The van der Waals surface area contributed by atoms with Crippen molar-refractivity contribution in [3.05, 3.63) is 23.8 Å². The number of esters is 1. The van der Waals surface area contributed by atoms with Crippen molar-refractivity contribution in [2.75, 3.05) is 19.8 Å². The lowest BCUT2D eigenvalue weighted by Crippen LogP contribution is -2.15. The van der Waals surface area contributed by atoms with Gasteiger partial charge in [-0.15, -0.1) is 0 Å². The smallest absolute Gasteiger partial charge is 0.305 e. The molecule has 0 aliphatic carbocycles. The molecule has 4 heteroatoms. The summed E-state index contributed by atoms with van der Waals surface area (Å²) in [6.07, 6.45) is 3.26. The molecule has 0 saturated carbocycles. The highest BCUT2D eigenvalue weighted by Crippen LogP contribution is 2.31. The molecule has 0 spiro atoms. The highest BCUT2D eigenvalue weighted by atomic mass is 16.6. The van der Waals surface area contributed by atoms with Gasteiger partial charge in [0.15, 0.2) is 11.5 Å². The Morgan fingerprint density at radius 3 is 2.79 bits per heavy atom. The first-order valence-corrected chi connectivity index (χ1v) is 6.83. The van der Waals surface area contributed by atoms with Gasteiger partial charge >= 0.3 is 5.97 Å². The highest BCUT2D eigenvalue weighted by molar-refractivity contribution is 5.69. The van der Waals surface area contributed by atoms with Crippen molar-refractivity contribution in [1.82, 2.24) is 0 Å². The maximum absolute atomic E-state index is 11.2. The van der Waals surface area contributed by atoms with Crippen LogP contribution in [0.5, 0.6) is 11.5 Å².